The number of aliphatic hydroxyl groups is 1. The number of methoxy groups -OCH3 is 1. The lowest BCUT2D eigenvalue weighted by atomic mass is 9.47. The third-order valence-corrected chi connectivity index (χ3v) is 10.2. The second-order valence-electron chi connectivity index (χ2n) is 11.1. The minimum Gasteiger partial charge on any atom is -0.501 e. The summed E-state index contributed by atoms with van der Waals surface area (Å²) in [5.41, 5.74) is 1.66. The maximum absolute atomic E-state index is 12.0. The summed E-state index contributed by atoms with van der Waals surface area (Å²) in [6, 6.07) is 2.37. The van der Waals surface area contributed by atoms with Crippen molar-refractivity contribution in [3.63, 3.8) is 0 Å². The van der Waals surface area contributed by atoms with Crippen LogP contribution in [0.1, 0.15) is 79.1 Å². The lowest BCUT2D eigenvalue weighted by Crippen LogP contribution is -2.54. The topological polar surface area (TPSA) is 56.5 Å². The lowest BCUT2D eigenvalue weighted by Gasteiger charge is -2.58. The smallest absolute Gasteiger partial charge is 0.117 e. The fourth-order valence-electron chi connectivity index (χ4n) is 7.98. The third kappa shape index (κ3) is 3.43. The Morgan fingerprint density at radius 3 is 2.59 bits per heavy atom. The molecule has 4 aliphatic rings. The van der Waals surface area contributed by atoms with Crippen LogP contribution >= 0.6 is 0 Å². The Labute approximate surface area is 195 Å². The van der Waals surface area contributed by atoms with Gasteiger partial charge in [0.05, 0.1) is 18.5 Å². The van der Waals surface area contributed by atoms with Crippen LogP contribution in [0.2, 0.25) is 0 Å². The molecule has 0 aliphatic heterocycles. The van der Waals surface area contributed by atoms with Crippen molar-refractivity contribution in [2.75, 3.05) is 20.2 Å². The highest BCUT2D eigenvalue weighted by atomic mass is 16.5. The van der Waals surface area contributed by atoms with E-state index in [2.05, 4.69) is 50.8 Å². The maximum atomic E-state index is 12.0. The summed E-state index contributed by atoms with van der Waals surface area (Å²) in [5, 5.41) is 21.6. The average Bonchev–Trinajstić information content (AvgIpc) is 3.07. The predicted molar refractivity (Wildman–Crippen MR) is 128 cm³/mol. The Bertz CT molecular complexity index is 863. The summed E-state index contributed by atoms with van der Waals surface area (Å²) in [7, 11) is 1.79. The van der Waals surface area contributed by atoms with Crippen molar-refractivity contribution in [3.8, 4) is 6.07 Å². The molecule has 0 spiro atoms. The lowest BCUT2D eigenvalue weighted by molar-refractivity contribution is -0.120. The van der Waals surface area contributed by atoms with Crippen molar-refractivity contribution in [3.05, 3.63) is 35.3 Å². The molecule has 32 heavy (non-hydrogen) atoms. The Morgan fingerprint density at radius 1 is 1.22 bits per heavy atom. The molecule has 4 rings (SSSR count). The van der Waals surface area contributed by atoms with Gasteiger partial charge in [0.25, 0.3) is 0 Å². The first kappa shape index (κ1) is 23.4. The molecule has 0 aromatic heterocycles. The van der Waals surface area contributed by atoms with Crippen molar-refractivity contribution >= 4 is 0 Å². The summed E-state index contributed by atoms with van der Waals surface area (Å²) in [5.74, 6) is 3.02. The van der Waals surface area contributed by atoms with E-state index >= 15 is 0 Å². The Kier molecular flexibility index (Phi) is 6.27. The summed E-state index contributed by atoms with van der Waals surface area (Å²) >= 11 is 0. The first-order valence-corrected chi connectivity index (χ1v) is 12.8. The van der Waals surface area contributed by atoms with Gasteiger partial charge in [0.15, 0.2) is 0 Å². The summed E-state index contributed by atoms with van der Waals surface area (Å²) in [6.45, 7) is 10.6. The normalized spacial score (nSPS) is 40.9. The number of ether oxygens (including phenoxy) is 1. The first-order chi connectivity index (χ1) is 15.3. The molecule has 4 aliphatic carbocycles. The monoisotopic (exact) mass is 438 g/mol. The minimum atomic E-state index is -0.710. The van der Waals surface area contributed by atoms with Gasteiger partial charge in [-0.1, -0.05) is 19.9 Å². The van der Waals surface area contributed by atoms with Gasteiger partial charge in [-0.2, -0.15) is 5.26 Å². The number of fused-ring (bicyclic) bond motifs is 5. The zero-order valence-corrected chi connectivity index (χ0v) is 20.8. The second kappa shape index (κ2) is 8.56. The first-order valence-electron chi connectivity index (χ1n) is 12.8. The molecule has 176 valence electrons. The van der Waals surface area contributed by atoms with Gasteiger partial charge in [-0.15, -0.1) is 0 Å². The number of hydrogen-bond donors (Lipinski definition) is 1. The van der Waals surface area contributed by atoms with Crippen molar-refractivity contribution in [2.45, 2.75) is 84.7 Å². The quantitative estimate of drug-likeness (QED) is 0.520. The highest BCUT2D eigenvalue weighted by molar-refractivity contribution is 5.36. The SMILES string of the molecule is CCN(CC)/C(C#N)=C/C[C@]1(O)CC[C@H]2[C@@H]3CC=C4C=C(OC)CC[C@]4(C)[C@H]3CC[C@@]21C. The van der Waals surface area contributed by atoms with E-state index in [-0.39, 0.29) is 10.8 Å². The maximum Gasteiger partial charge on any atom is 0.117 e. The number of rotatable bonds is 6. The van der Waals surface area contributed by atoms with E-state index in [1.807, 2.05) is 6.08 Å². The van der Waals surface area contributed by atoms with Gasteiger partial charge in [-0.3, -0.25) is 0 Å². The molecule has 0 bridgehead atoms. The fourth-order valence-corrected chi connectivity index (χ4v) is 7.98. The van der Waals surface area contributed by atoms with Gasteiger partial charge in [-0.05, 0) is 105 Å². The van der Waals surface area contributed by atoms with Crippen LogP contribution in [-0.2, 0) is 4.74 Å². The fraction of sp³-hybridized carbons (Fsp3) is 0.750. The van der Waals surface area contributed by atoms with E-state index < -0.39 is 5.60 Å². The van der Waals surface area contributed by atoms with Gasteiger partial charge in [0.2, 0.25) is 0 Å². The minimum absolute atomic E-state index is 0.0710. The summed E-state index contributed by atoms with van der Waals surface area (Å²) in [6.07, 6.45) is 15.0. The summed E-state index contributed by atoms with van der Waals surface area (Å²) < 4.78 is 5.58. The van der Waals surface area contributed by atoms with Crippen LogP contribution in [0.5, 0.6) is 0 Å². The van der Waals surface area contributed by atoms with Gasteiger partial charge < -0.3 is 14.7 Å². The standard InChI is InChI=1S/C28H42N2O2/c1-6-30(7-2)21(19-29)10-16-28(31)17-13-25-23-9-8-20-18-22(32-5)11-14-26(20,3)24(23)12-15-27(25,28)4/h8,10,18,23-25,31H,6-7,9,11-17H2,1-5H3/b21-10+/t23-,24+,25+,26+,27+,28+/m1/s1. The molecule has 4 heteroatoms. The molecule has 0 aromatic rings. The van der Waals surface area contributed by atoms with Crippen LogP contribution in [0.3, 0.4) is 0 Å². The van der Waals surface area contributed by atoms with Crippen LogP contribution < -0.4 is 0 Å². The molecule has 4 nitrogen and oxygen atoms in total. The molecule has 0 heterocycles. The highest BCUT2D eigenvalue weighted by Gasteiger charge is 2.63. The third-order valence-electron chi connectivity index (χ3n) is 10.2. The molecule has 1 N–H and O–H groups in total. The molecule has 6 atom stereocenters. The van der Waals surface area contributed by atoms with Crippen LogP contribution in [-0.4, -0.2) is 35.8 Å². The average molecular weight is 439 g/mol. The molecule has 0 unspecified atom stereocenters. The molecule has 0 saturated heterocycles. The number of allylic oxidation sites excluding steroid dienone is 5. The molecule has 2 saturated carbocycles. The van der Waals surface area contributed by atoms with E-state index in [1.54, 1.807) is 7.11 Å². The molecular formula is C28H42N2O2. The van der Waals surface area contributed by atoms with Gasteiger partial charge in [-0.25, -0.2) is 0 Å². The molecule has 0 radical (unpaired) electrons. The van der Waals surface area contributed by atoms with Crippen molar-refractivity contribution in [1.29, 1.82) is 5.26 Å². The zero-order valence-electron chi connectivity index (χ0n) is 20.8. The van der Waals surface area contributed by atoms with E-state index in [4.69, 9.17) is 4.74 Å². The van der Waals surface area contributed by atoms with Crippen LogP contribution in [0.25, 0.3) is 0 Å². The molecular weight excluding hydrogens is 396 g/mol. The Morgan fingerprint density at radius 2 is 1.94 bits per heavy atom. The summed E-state index contributed by atoms with van der Waals surface area (Å²) in [4.78, 5) is 2.09. The van der Waals surface area contributed by atoms with Crippen LogP contribution in [0, 0.1) is 39.9 Å². The van der Waals surface area contributed by atoms with Gasteiger partial charge >= 0.3 is 0 Å². The van der Waals surface area contributed by atoms with Crippen LogP contribution in [0.15, 0.2) is 35.3 Å². The number of hydrogen-bond acceptors (Lipinski definition) is 4. The van der Waals surface area contributed by atoms with Crippen molar-refractivity contribution in [1.82, 2.24) is 4.90 Å². The van der Waals surface area contributed by atoms with E-state index in [0.717, 1.165) is 51.0 Å². The number of nitrogens with zero attached hydrogens (tertiary/aromatic N) is 2. The second-order valence-corrected chi connectivity index (χ2v) is 11.1. The molecule has 2 fully saturated rings. The van der Waals surface area contributed by atoms with Crippen molar-refractivity contribution < 1.29 is 9.84 Å². The highest BCUT2D eigenvalue weighted by Crippen LogP contribution is 2.67. The number of nitriles is 1. The zero-order chi connectivity index (χ0) is 23.1. The van der Waals surface area contributed by atoms with Gasteiger partial charge in [0, 0.05) is 19.5 Å². The van der Waals surface area contributed by atoms with E-state index in [1.165, 1.54) is 18.4 Å². The van der Waals surface area contributed by atoms with E-state index in [9.17, 15) is 10.4 Å². The Hall–Kier alpha value is -1.73. The van der Waals surface area contributed by atoms with Crippen molar-refractivity contribution in [2.24, 2.45) is 28.6 Å². The predicted octanol–water partition coefficient (Wildman–Crippen LogP) is 5.96. The van der Waals surface area contributed by atoms with Crippen LogP contribution in [0.4, 0.5) is 0 Å². The Balaban J connectivity index is 1.59. The largest absolute Gasteiger partial charge is 0.501 e. The van der Waals surface area contributed by atoms with Gasteiger partial charge in [0.1, 0.15) is 11.8 Å². The molecule has 0 amide bonds. The molecule has 0 aromatic carbocycles. The van der Waals surface area contributed by atoms with E-state index in [0.29, 0.717) is 29.9 Å².